The van der Waals surface area contributed by atoms with Gasteiger partial charge in [0.15, 0.2) is 0 Å². The first-order valence-electron chi connectivity index (χ1n) is 9.37. The van der Waals surface area contributed by atoms with Gasteiger partial charge in [0.1, 0.15) is 11.5 Å². The largest absolute Gasteiger partial charge is 0.508 e. The molecule has 10 heteroatoms. The van der Waals surface area contributed by atoms with E-state index in [1.807, 2.05) is 0 Å². The van der Waals surface area contributed by atoms with Gasteiger partial charge < -0.3 is 20.8 Å². The van der Waals surface area contributed by atoms with Gasteiger partial charge in [0.25, 0.3) is 5.91 Å². The number of nitrogens with one attached hydrogen (secondary N) is 2. The number of anilines is 1. The van der Waals surface area contributed by atoms with E-state index in [0.29, 0.717) is 18.5 Å². The number of aromatic hydroxyl groups is 2. The molecule has 0 aromatic heterocycles. The third-order valence-corrected chi connectivity index (χ3v) is 6.68. The molecule has 30 heavy (non-hydrogen) atoms. The maximum Gasteiger partial charge on any atom is 0.251 e. The Labute approximate surface area is 174 Å². The topological polar surface area (TPSA) is 136 Å². The van der Waals surface area contributed by atoms with Crippen LogP contribution in [0.4, 0.5) is 5.69 Å². The molecule has 160 valence electrons. The summed E-state index contributed by atoms with van der Waals surface area (Å²) in [6.45, 7) is 1.86. The summed E-state index contributed by atoms with van der Waals surface area (Å²) in [5.74, 6) is -1.12. The molecule has 1 aliphatic rings. The maximum atomic E-state index is 12.8. The van der Waals surface area contributed by atoms with E-state index in [1.54, 1.807) is 0 Å². The Kier molecular flexibility index (Phi) is 6.28. The molecular weight excluding hydrogens is 410 g/mol. The lowest BCUT2D eigenvalue weighted by molar-refractivity contribution is -0.114. The average Bonchev–Trinajstić information content (AvgIpc) is 2.67. The van der Waals surface area contributed by atoms with Crippen LogP contribution in [0, 0.1) is 0 Å². The van der Waals surface area contributed by atoms with Crippen molar-refractivity contribution in [3.05, 3.63) is 48.0 Å². The molecule has 9 nitrogen and oxygen atoms in total. The number of sulfonamides is 1. The molecule has 1 aliphatic heterocycles. The van der Waals surface area contributed by atoms with Crippen molar-refractivity contribution in [1.29, 1.82) is 0 Å². The van der Waals surface area contributed by atoms with Gasteiger partial charge in [0.2, 0.25) is 15.9 Å². The van der Waals surface area contributed by atoms with Crippen molar-refractivity contribution in [2.24, 2.45) is 0 Å². The number of phenols is 2. The van der Waals surface area contributed by atoms with Gasteiger partial charge in [-0.25, -0.2) is 8.42 Å². The molecule has 1 saturated heterocycles. The first-order chi connectivity index (χ1) is 14.1. The Morgan fingerprint density at radius 3 is 2.10 bits per heavy atom. The second-order valence-corrected chi connectivity index (χ2v) is 9.03. The Balaban J connectivity index is 1.60. The number of phenolic OH excluding ortho intramolecular Hbond substituents is 2. The van der Waals surface area contributed by atoms with Crippen LogP contribution in [0.5, 0.6) is 11.5 Å². The maximum absolute atomic E-state index is 12.8. The molecule has 2 aromatic carbocycles. The first-order valence-corrected chi connectivity index (χ1v) is 10.8. The van der Waals surface area contributed by atoms with Crippen molar-refractivity contribution >= 4 is 27.5 Å². The summed E-state index contributed by atoms with van der Waals surface area (Å²) in [6.07, 6.45) is 0.861. The molecular formula is C20H23N3O6S. The molecule has 0 aliphatic carbocycles. The fourth-order valence-corrected chi connectivity index (χ4v) is 4.77. The molecule has 4 N–H and O–H groups in total. The van der Waals surface area contributed by atoms with E-state index in [9.17, 15) is 28.2 Å². The second-order valence-electron chi connectivity index (χ2n) is 7.10. The zero-order valence-electron chi connectivity index (χ0n) is 16.3. The Bertz CT molecular complexity index is 1020. The first kappa shape index (κ1) is 21.6. The van der Waals surface area contributed by atoms with Gasteiger partial charge >= 0.3 is 0 Å². The summed E-state index contributed by atoms with van der Waals surface area (Å²) < 4.78 is 27.0. The number of hydrogen-bond acceptors (Lipinski definition) is 6. The molecule has 0 radical (unpaired) electrons. The number of benzene rings is 2. The molecule has 2 amide bonds. The van der Waals surface area contributed by atoms with E-state index < -0.39 is 15.9 Å². The molecule has 0 unspecified atom stereocenters. The Morgan fingerprint density at radius 2 is 1.57 bits per heavy atom. The van der Waals surface area contributed by atoms with Gasteiger partial charge in [0.05, 0.1) is 4.90 Å². The summed E-state index contributed by atoms with van der Waals surface area (Å²) in [5, 5.41) is 24.4. The minimum absolute atomic E-state index is 0.127. The van der Waals surface area contributed by atoms with Gasteiger partial charge in [-0.1, -0.05) is 0 Å². The second kappa shape index (κ2) is 8.72. The molecule has 3 rings (SSSR count). The van der Waals surface area contributed by atoms with Crippen molar-refractivity contribution in [2.45, 2.75) is 30.7 Å². The summed E-state index contributed by atoms with van der Waals surface area (Å²) >= 11 is 0. The van der Waals surface area contributed by atoms with Crippen LogP contribution in [0.25, 0.3) is 0 Å². The molecule has 0 bridgehead atoms. The van der Waals surface area contributed by atoms with Crippen LogP contribution < -0.4 is 10.6 Å². The van der Waals surface area contributed by atoms with E-state index >= 15 is 0 Å². The quantitative estimate of drug-likeness (QED) is 0.566. The monoisotopic (exact) mass is 433 g/mol. The van der Waals surface area contributed by atoms with Crippen molar-refractivity contribution in [2.75, 3.05) is 18.4 Å². The molecule has 2 aromatic rings. The van der Waals surface area contributed by atoms with E-state index in [4.69, 9.17) is 0 Å². The number of amides is 2. The normalized spacial score (nSPS) is 15.5. The van der Waals surface area contributed by atoms with Crippen LogP contribution in [-0.4, -0.2) is 53.9 Å². The van der Waals surface area contributed by atoms with Crippen LogP contribution >= 0.6 is 0 Å². The number of rotatable bonds is 5. The third kappa shape index (κ3) is 5.08. The minimum atomic E-state index is -3.68. The highest BCUT2D eigenvalue weighted by atomic mass is 32.2. The molecule has 0 atom stereocenters. The van der Waals surface area contributed by atoms with Crippen molar-refractivity contribution in [1.82, 2.24) is 9.62 Å². The summed E-state index contributed by atoms with van der Waals surface area (Å²) in [5.41, 5.74) is 0.641. The highest BCUT2D eigenvalue weighted by Crippen LogP contribution is 2.24. The zero-order chi connectivity index (χ0) is 21.9. The fourth-order valence-electron chi connectivity index (χ4n) is 3.30. The van der Waals surface area contributed by atoms with Crippen LogP contribution in [0.3, 0.4) is 0 Å². The standard InChI is InChI=1S/C20H23N3O6S/c1-13(24)21-15-2-4-19(5-3-15)30(28,29)23-8-6-16(7-9-23)22-20(27)14-10-17(25)12-18(26)11-14/h2-5,10-12,16,25-26H,6-9H2,1H3,(H,21,24)(H,22,27). The molecule has 0 spiro atoms. The van der Waals surface area contributed by atoms with Gasteiger partial charge in [-0.3, -0.25) is 9.59 Å². The number of carbonyl (C=O) groups excluding carboxylic acids is 2. The van der Waals surface area contributed by atoms with Crippen LogP contribution in [0.2, 0.25) is 0 Å². The van der Waals surface area contributed by atoms with Crippen LogP contribution in [0.15, 0.2) is 47.4 Å². The summed E-state index contributed by atoms with van der Waals surface area (Å²) in [4.78, 5) is 23.5. The Hall–Kier alpha value is -3.11. The van der Waals surface area contributed by atoms with E-state index in [0.717, 1.165) is 6.07 Å². The van der Waals surface area contributed by atoms with E-state index in [2.05, 4.69) is 10.6 Å². The van der Waals surface area contributed by atoms with Crippen molar-refractivity contribution < 1.29 is 28.2 Å². The van der Waals surface area contributed by atoms with E-state index in [-0.39, 0.29) is 47.0 Å². The SMILES string of the molecule is CC(=O)Nc1ccc(S(=O)(=O)N2CCC(NC(=O)c3cc(O)cc(O)c3)CC2)cc1. The smallest absolute Gasteiger partial charge is 0.251 e. The molecule has 1 fully saturated rings. The van der Waals surface area contributed by atoms with Gasteiger partial charge in [-0.2, -0.15) is 4.31 Å². The summed E-state index contributed by atoms with van der Waals surface area (Å²) in [7, 11) is -3.68. The molecule has 0 saturated carbocycles. The number of hydrogen-bond donors (Lipinski definition) is 4. The number of piperidine rings is 1. The highest BCUT2D eigenvalue weighted by molar-refractivity contribution is 7.89. The lowest BCUT2D eigenvalue weighted by atomic mass is 10.1. The Morgan fingerprint density at radius 1 is 1.00 bits per heavy atom. The predicted molar refractivity (Wildman–Crippen MR) is 110 cm³/mol. The lowest BCUT2D eigenvalue weighted by Crippen LogP contribution is -2.46. The highest BCUT2D eigenvalue weighted by Gasteiger charge is 2.30. The van der Waals surface area contributed by atoms with Gasteiger partial charge in [-0.15, -0.1) is 0 Å². The van der Waals surface area contributed by atoms with Gasteiger partial charge in [0, 0.05) is 43.4 Å². The van der Waals surface area contributed by atoms with Crippen LogP contribution in [0.1, 0.15) is 30.1 Å². The number of carbonyl (C=O) groups is 2. The predicted octanol–water partition coefficient (Wildman–Crippen LogP) is 1.64. The minimum Gasteiger partial charge on any atom is -0.508 e. The van der Waals surface area contributed by atoms with Crippen molar-refractivity contribution in [3.63, 3.8) is 0 Å². The van der Waals surface area contributed by atoms with Crippen molar-refractivity contribution in [3.8, 4) is 11.5 Å². The van der Waals surface area contributed by atoms with Gasteiger partial charge in [-0.05, 0) is 49.2 Å². The van der Waals surface area contributed by atoms with E-state index in [1.165, 1.54) is 47.6 Å². The number of nitrogens with zero attached hydrogens (tertiary/aromatic N) is 1. The third-order valence-electron chi connectivity index (χ3n) is 4.77. The summed E-state index contributed by atoms with van der Waals surface area (Å²) in [6, 6.07) is 9.36. The zero-order valence-corrected chi connectivity index (χ0v) is 17.1. The average molecular weight is 433 g/mol. The molecule has 1 heterocycles. The lowest BCUT2D eigenvalue weighted by Gasteiger charge is -2.31. The van der Waals surface area contributed by atoms with Crippen LogP contribution in [-0.2, 0) is 14.8 Å². The fraction of sp³-hybridized carbons (Fsp3) is 0.300.